The van der Waals surface area contributed by atoms with Crippen molar-refractivity contribution in [2.75, 3.05) is 32.2 Å². The minimum absolute atomic E-state index is 0.0773. The van der Waals surface area contributed by atoms with Crippen molar-refractivity contribution >= 4 is 45.8 Å². The molecule has 0 aliphatic heterocycles. The predicted molar refractivity (Wildman–Crippen MR) is 107 cm³/mol. The standard InChI is InChI=1S/C19H20ClNO6S/c1-4-26-18(23)14-11(2)15(19(24)27-10-9-25-3)28-17(14)21-16(22)12-5-7-13(20)8-6-12/h5-8H,4,9-10H2,1-3H3,(H,21,22). The predicted octanol–water partition coefficient (Wildman–Crippen LogP) is 3.94. The first kappa shape index (κ1) is 21.9. The Morgan fingerprint density at radius 1 is 1.07 bits per heavy atom. The number of benzene rings is 1. The lowest BCUT2D eigenvalue weighted by Gasteiger charge is -2.07. The van der Waals surface area contributed by atoms with E-state index < -0.39 is 17.8 Å². The fraction of sp³-hybridized carbons (Fsp3) is 0.316. The van der Waals surface area contributed by atoms with Crippen molar-refractivity contribution in [1.29, 1.82) is 0 Å². The molecule has 1 amide bonds. The van der Waals surface area contributed by atoms with Crippen molar-refractivity contribution < 1.29 is 28.6 Å². The highest BCUT2D eigenvalue weighted by Gasteiger charge is 2.27. The average Bonchev–Trinajstić information content (AvgIpc) is 2.98. The van der Waals surface area contributed by atoms with Gasteiger partial charge in [-0.15, -0.1) is 11.3 Å². The van der Waals surface area contributed by atoms with Gasteiger partial charge in [-0.1, -0.05) is 11.6 Å². The van der Waals surface area contributed by atoms with E-state index in [1.807, 2.05) is 0 Å². The Hall–Kier alpha value is -2.42. The number of rotatable bonds is 8. The molecule has 150 valence electrons. The van der Waals surface area contributed by atoms with Crippen LogP contribution in [0.5, 0.6) is 0 Å². The van der Waals surface area contributed by atoms with Gasteiger partial charge in [0.25, 0.3) is 5.91 Å². The Morgan fingerprint density at radius 2 is 1.75 bits per heavy atom. The van der Waals surface area contributed by atoms with Crippen LogP contribution in [0.1, 0.15) is 42.9 Å². The van der Waals surface area contributed by atoms with Crippen molar-refractivity contribution in [3.63, 3.8) is 0 Å². The molecule has 0 aliphatic carbocycles. The van der Waals surface area contributed by atoms with Gasteiger partial charge in [0, 0.05) is 17.7 Å². The zero-order valence-corrected chi connectivity index (χ0v) is 17.2. The summed E-state index contributed by atoms with van der Waals surface area (Å²) in [5.41, 5.74) is 0.875. The Bertz CT molecular complexity index is 862. The smallest absolute Gasteiger partial charge is 0.348 e. The molecular weight excluding hydrogens is 406 g/mol. The number of carbonyl (C=O) groups excluding carboxylic acids is 3. The summed E-state index contributed by atoms with van der Waals surface area (Å²) in [5.74, 6) is -1.67. The number of ether oxygens (including phenoxy) is 3. The van der Waals surface area contributed by atoms with Gasteiger partial charge in [-0.2, -0.15) is 0 Å². The van der Waals surface area contributed by atoms with Crippen molar-refractivity contribution in [3.05, 3.63) is 50.9 Å². The van der Waals surface area contributed by atoms with Crippen LogP contribution in [0.2, 0.25) is 5.02 Å². The second-order valence-corrected chi connectivity index (χ2v) is 7.03. The van der Waals surface area contributed by atoms with Crippen LogP contribution in [-0.2, 0) is 14.2 Å². The zero-order chi connectivity index (χ0) is 20.7. The molecule has 1 heterocycles. The lowest BCUT2D eigenvalue weighted by atomic mass is 10.1. The zero-order valence-electron chi connectivity index (χ0n) is 15.7. The van der Waals surface area contributed by atoms with Crippen LogP contribution in [0, 0.1) is 6.92 Å². The molecule has 7 nitrogen and oxygen atoms in total. The third-order valence-electron chi connectivity index (χ3n) is 3.67. The lowest BCUT2D eigenvalue weighted by Crippen LogP contribution is -2.15. The maximum absolute atomic E-state index is 12.5. The van der Waals surface area contributed by atoms with Gasteiger partial charge >= 0.3 is 11.9 Å². The molecule has 0 saturated carbocycles. The fourth-order valence-electron chi connectivity index (χ4n) is 2.31. The highest BCUT2D eigenvalue weighted by atomic mass is 35.5. The largest absolute Gasteiger partial charge is 0.462 e. The fourth-order valence-corrected chi connectivity index (χ4v) is 3.51. The molecule has 2 rings (SSSR count). The van der Waals surface area contributed by atoms with E-state index in [1.54, 1.807) is 38.1 Å². The van der Waals surface area contributed by atoms with Crippen LogP contribution >= 0.6 is 22.9 Å². The third-order valence-corrected chi connectivity index (χ3v) is 5.11. The molecule has 1 N–H and O–H groups in total. The van der Waals surface area contributed by atoms with Gasteiger partial charge < -0.3 is 19.5 Å². The Labute approximate surface area is 171 Å². The summed E-state index contributed by atoms with van der Waals surface area (Å²) >= 11 is 6.80. The molecule has 1 aromatic heterocycles. The van der Waals surface area contributed by atoms with E-state index >= 15 is 0 Å². The van der Waals surface area contributed by atoms with Crippen LogP contribution in [-0.4, -0.2) is 44.8 Å². The quantitative estimate of drug-likeness (QED) is 0.508. The molecule has 0 radical (unpaired) electrons. The third kappa shape index (κ3) is 5.31. The monoisotopic (exact) mass is 425 g/mol. The van der Waals surface area contributed by atoms with Crippen LogP contribution in [0.3, 0.4) is 0 Å². The molecule has 0 unspecified atom stereocenters. The SMILES string of the molecule is CCOC(=O)c1c(NC(=O)c2ccc(Cl)cc2)sc(C(=O)OCCOC)c1C. The number of carbonyl (C=O) groups is 3. The Balaban J connectivity index is 2.33. The van der Waals surface area contributed by atoms with E-state index in [-0.39, 0.29) is 35.3 Å². The van der Waals surface area contributed by atoms with Gasteiger partial charge in [-0.25, -0.2) is 9.59 Å². The van der Waals surface area contributed by atoms with Crippen LogP contribution in [0.15, 0.2) is 24.3 Å². The summed E-state index contributed by atoms with van der Waals surface area (Å²) < 4.78 is 15.1. The minimum Gasteiger partial charge on any atom is -0.462 e. The molecule has 0 bridgehead atoms. The molecular formula is C19H20ClNO6S. The first-order valence-electron chi connectivity index (χ1n) is 8.42. The van der Waals surface area contributed by atoms with E-state index in [0.29, 0.717) is 16.1 Å². The average molecular weight is 426 g/mol. The number of anilines is 1. The van der Waals surface area contributed by atoms with Crippen molar-refractivity contribution in [3.8, 4) is 0 Å². The van der Waals surface area contributed by atoms with Crippen LogP contribution < -0.4 is 5.32 Å². The molecule has 0 fully saturated rings. The molecule has 0 aliphatic rings. The summed E-state index contributed by atoms with van der Waals surface area (Å²) in [7, 11) is 1.49. The normalized spacial score (nSPS) is 10.4. The number of amides is 1. The molecule has 9 heteroatoms. The van der Waals surface area contributed by atoms with Crippen molar-refractivity contribution in [1.82, 2.24) is 0 Å². The topological polar surface area (TPSA) is 90.9 Å². The van der Waals surface area contributed by atoms with Gasteiger partial charge in [0.15, 0.2) is 0 Å². The maximum Gasteiger partial charge on any atom is 0.348 e. The summed E-state index contributed by atoms with van der Waals surface area (Å²) in [6, 6.07) is 6.28. The molecule has 1 aromatic carbocycles. The Morgan fingerprint density at radius 3 is 2.36 bits per heavy atom. The summed E-state index contributed by atoms with van der Waals surface area (Å²) in [5, 5.41) is 3.39. The number of esters is 2. The van der Waals surface area contributed by atoms with E-state index in [9.17, 15) is 14.4 Å². The minimum atomic E-state index is -0.626. The highest BCUT2D eigenvalue weighted by molar-refractivity contribution is 7.18. The lowest BCUT2D eigenvalue weighted by molar-refractivity contribution is 0.0392. The number of halogens is 1. The first-order valence-corrected chi connectivity index (χ1v) is 9.62. The first-order chi connectivity index (χ1) is 13.4. The highest BCUT2D eigenvalue weighted by Crippen LogP contribution is 2.34. The second kappa shape index (κ2) is 10.2. The van der Waals surface area contributed by atoms with E-state index in [0.717, 1.165) is 11.3 Å². The van der Waals surface area contributed by atoms with Crippen LogP contribution in [0.4, 0.5) is 5.00 Å². The van der Waals surface area contributed by atoms with Gasteiger partial charge in [0.05, 0.1) is 18.8 Å². The number of thiophene rings is 1. The van der Waals surface area contributed by atoms with E-state index in [4.69, 9.17) is 25.8 Å². The summed E-state index contributed by atoms with van der Waals surface area (Å²) in [6.07, 6.45) is 0. The number of hydrogen-bond donors (Lipinski definition) is 1. The maximum atomic E-state index is 12.5. The summed E-state index contributed by atoms with van der Waals surface area (Å²) in [4.78, 5) is 37.5. The Kier molecular flexibility index (Phi) is 7.98. The number of methoxy groups -OCH3 is 1. The molecule has 0 saturated heterocycles. The summed E-state index contributed by atoms with van der Waals surface area (Å²) in [6.45, 7) is 3.76. The molecule has 0 spiro atoms. The van der Waals surface area contributed by atoms with Crippen LogP contribution in [0.25, 0.3) is 0 Å². The van der Waals surface area contributed by atoms with Gasteiger partial charge in [0.1, 0.15) is 16.5 Å². The van der Waals surface area contributed by atoms with E-state index in [1.165, 1.54) is 7.11 Å². The van der Waals surface area contributed by atoms with Gasteiger partial charge in [0.2, 0.25) is 0 Å². The molecule has 28 heavy (non-hydrogen) atoms. The van der Waals surface area contributed by atoms with E-state index in [2.05, 4.69) is 5.32 Å². The second-order valence-electron chi connectivity index (χ2n) is 5.57. The van der Waals surface area contributed by atoms with Crippen molar-refractivity contribution in [2.45, 2.75) is 13.8 Å². The van der Waals surface area contributed by atoms with Gasteiger partial charge in [-0.05, 0) is 43.7 Å². The van der Waals surface area contributed by atoms with Crippen molar-refractivity contribution in [2.24, 2.45) is 0 Å². The molecule has 2 aromatic rings. The van der Waals surface area contributed by atoms with Gasteiger partial charge in [-0.3, -0.25) is 4.79 Å². The molecule has 0 atom stereocenters. The number of hydrogen-bond acceptors (Lipinski definition) is 7. The number of nitrogens with one attached hydrogen (secondary N) is 1.